The molecule has 5 atom stereocenters. The number of fused-ring (bicyclic) bond motifs is 7. The molecule has 5 aliphatic rings. The molecule has 4 nitrogen and oxygen atoms in total. The molecule has 0 aliphatic heterocycles. The fraction of sp³-hybridized carbons (Fsp3) is 0.692. The molecule has 4 unspecified atom stereocenters. The predicted octanol–water partition coefficient (Wildman–Crippen LogP) is 5.18. The predicted molar refractivity (Wildman–Crippen MR) is 112 cm³/mol. The highest BCUT2D eigenvalue weighted by Crippen LogP contribution is 2.87. The van der Waals surface area contributed by atoms with Crippen LogP contribution in [0.5, 0.6) is 5.75 Å². The molecule has 1 aromatic carbocycles. The van der Waals surface area contributed by atoms with Crippen LogP contribution in [0.4, 0.5) is 0 Å². The lowest BCUT2D eigenvalue weighted by Gasteiger charge is -2.51. The van der Waals surface area contributed by atoms with Crippen molar-refractivity contribution >= 4 is 11.9 Å². The van der Waals surface area contributed by atoms with Gasteiger partial charge in [0.05, 0.1) is 0 Å². The van der Waals surface area contributed by atoms with Crippen molar-refractivity contribution in [2.24, 2.45) is 28.1 Å². The second-order valence-corrected chi connectivity index (χ2v) is 11.1. The molecule has 0 radical (unpaired) electrons. The van der Waals surface area contributed by atoms with Gasteiger partial charge in [-0.05, 0) is 97.8 Å². The van der Waals surface area contributed by atoms with E-state index in [-0.39, 0.29) is 28.9 Å². The second-order valence-electron chi connectivity index (χ2n) is 11.1. The maximum absolute atomic E-state index is 12.1. The van der Waals surface area contributed by atoms with Gasteiger partial charge in [-0.3, -0.25) is 9.59 Å². The van der Waals surface area contributed by atoms with Gasteiger partial charge in [-0.2, -0.15) is 0 Å². The largest absolute Gasteiger partial charge is 0.461 e. The van der Waals surface area contributed by atoms with Crippen molar-refractivity contribution in [1.29, 1.82) is 0 Å². The minimum atomic E-state index is -0.259. The number of carbonyl (C=O) groups excluding carboxylic acids is 2. The first kappa shape index (κ1) is 18.9. The summed E-state index contributed by atoms with van der Waals surface area (Å²) in [6.07, 6.45) is 9.83. The van der Waals surface area contributed by atoms with Gasteiger partial charge >= 0.3 is 11.9 Å². The summed E-state index contributed by atoms with van der Waals surface area (Å²) in [5.74, 6) is 2.24. The Hall–Kier alpha value is -1.84. The Bertz CT molecular complexity index is 940. The highest BCUT2D eigenvalue weighted by Gasteiger charge is 2.83. The topological polar surface area (TPSA) is 52.6 Å². The molecule has 160 valence electrons. The van der Waals surface area contributed by atoms with E-state index in [1.807, 2.05) is 6.07 Å². The van der Waals surface area contributed by atoms with Crippen molar-refractivity contribution < 1.29 is 19.1 Å². The second kappa shape index (κ2) is 5.89. The molecule has 6 rings (SSSR count). The molecular weight excluding hydrogens is 376 g/mol. The summed E-state index contributed by atoms with van der Waals surface area (Å²) in [5, 5.41) is 0. The van der Waals surface area contributed by atoms with Crippen molar-refractivity contribution in [2.75, 3.05) is 0 Å². The van der Waals surface area contributed by atoms with Crippen LogP contribution in [0.1, 0.15) is 82.8 Å². The quantitative estimate of drug-likeness (QED) is 0.500. The third-order valence-corrected chi connectivity index (χ3v) is 9.72. The van der Waals surface area contributed by atoms with Crippen molar-refractivity contribution in [3.63, 3.8) is 0 Å². The average Bonchev–Trinajstić information content (AvgIpc) is 3.58. The molecule has 0 bridgehead atoms. The fourth-order valence-corrected chi connectivity index (χ4v) is 8.81. The van der Waals surface area contributed by atoms with Crippen LogP contribution < -0.4 is 4.74 Å². The van der Waals surface area contributed by atoms with E-state index in [9.17, 15) is 9.59 Å². The van der Waals surface area contributed by atoms with Crippen molar-refractivity contribution in [2.45, 2.75) is 84.2 Å². The molecular formula is C26H32O4. The smallest absolute Gasteiger partial charge is 0.308 e. The van der Waals surface area contributed by atoms with Crippen LogP contribution in [0.25, 0.3) is 0 Å². The minimum absolute atomic E-state index is 0.0990. The maximum atomic E-state index is 12.1. The summed E-state index contributed by atoms with van der Waals surface area (Å²) in [6, 6.07) is 6.28. The monoisotopic (exact) mass is 408 g/mol. The zero-order valence-corrected chi connectivity index (χ0v) is 18.3. The molecule has 0 saturated heterocycles. The minimum Gasteiger partial charge on any atom is -0.461 e. The summed E-state index contributed by atoms with van der Waals surface area (Å²) in [4.78, 5) is 23.4. The molecule has 30 heavy (non-hydrogen) atoms. The fourth-order valence-electron chi connectivity index (χ4n) is 8.81. The first-order valence-electron chi connectivity index (χ1n) is 11.8. The van der Waals surface area contributed by atoms with Gasteiger partial charge < -0.3 is 9.47 Å². The van der Waals surface area contributed by atoms with Gasteiger partial charge in [0.1, 0.15) is 11.9 Å². The first-order valence-corrected chi connectivity index (χ1v) is 11.8. The number of esters is 2. The van der Waals surface area contributed by atoms with Gasteiger partial charge in [-0.1, -0.05) is 13.0 Å². The zero-order chi connectivity index (χ0) is 20.9. The number of rotatable bonds is 2. The van der Waals surface area contributed by atoms with Crippen LogP contribution in [-0.2, 0) is 20.7 Å². The number of carbonyl (C=O) groups is 2. The summed E-state index contributed by atoms with van der Waals surface area (Å²) >= 11 is 0. The molecule has 0 N–H and O–H groups in total. The summed E-state index contributed by atoms with van der Waals surface area (Å²) in [6.45, 7) is 5.50. The van der Waals surface area contributed by atoms with Crippen molar-refractivity contribution in [3.05, 3.63) is 29.3 Å². The Kier molecular flexibility index (Phi) is 3.71. The van der Waals surface area contributed by atoms with E-state index in [1.165, 1.54) is 56.6 Å². The van der Waals surface area contributed by atoms with Crippen LogP contribution >= 0.6 is 0 Å². The lowest BCUT2D eigenvalue weighted by atomic mass is 9.53. The Labute approximate surface area is 178 Å². The lowest BCUT2D eigenvalue weighted by molar-refractivity contribution is -0.159. The van der Waals surface area contributed by atoms with E-state index in [0.29, 0.717) is 28.9 Å². The number of hydrogen-bond donors (Lipinski definition) is 0. The number of aryl methyl sites for hydroxylation is 1. The van der Waals surface area contributed by atoms with Crippen LogP contribution in [0, 0.1) is 28.1 Å². The SMILES string of the molecule is CC(=O)Oc1ccc2c(c1)CCC1C2CCC2(C)C1C1(CC1)C1(CC1)[C@@H]2OC(C)=O. The Morgan fingerprint density at radius 1 is 0.967 bits per heavy atom. The van der Waals surface area contributed by atoms with Crippen molar-refractivity contribution in [1.82, 2.24) is 0 Å². The molecule has 0 heterocycles. The van der Waals surface area contributed by atoms with E-state index in [0.717, 1.165) is 12.8 Å². The maximum Gasteiger partial charge on any atom is 0.308 e. The molecule has 4 heteroatoms. The van der Waals surface area contributed by atoms with E-state index in [2.05, 4.69) is 19.1 Å². The zero-order valence-electron chi connectivity index (χ0n) is 18.3. The molecule has 4 fully saturated rings. The van der Waals surface area contributed by atoms with Crippen molar-refractivity contribution in [3.8, 4) is 5.75 Å². The molecule has 0 amide bonds. The number of hydrogen-bond acceptors (Lipinski definition) is 4. The summed E-state index contributed by atoms with van der Waals surface area (Å²) in [7, 11) is 0. The van der Waals surface area contributed by atoms with E-state index in [1.54, 1.807) is 6.92 Å². The van der Waals surface area contributed by atoms with Gasteiger partial charge in [0.15, 0.2) is 0 Å². The third kappa shape index (κ3) is 2.28. The van der Waals surface area contributed by atoms with Crippen LogP contribution in [0.15, 0.2) is 18.2 Å². The van der Waals surface area contributed by atoms with Gasteiger partial charge in [-0.25, -0.2) is 0 Å². The molecule has 0 aromatic heterocycles. The van der Waals surface area contributed by atoms with Crippen LogP contribution in [0.2, 0.25) is 0 Å². The Balaban J connectivity index is 1.38. The van der Waals surface area contributed by atoms with Gasteiger partial charge in [0.2, 0.25) is 0 Å². The molecule has 2 spiro atoms. The lowest BCUT2D eigenvalue weighted by Crippen LogP contribution is -2.46. The van der Waals surface area contributed by atoms with Gasteiger partial charge in [0.25, 0.3) is 0 Å². The molecule has 4 saturated carbocycles. The Morgan fingerprint density at radius 3 is 2.33 bits per heavy atom. The molecule has 1 aromatic rings. The highest BCUT2D eigenvalue weighted by molar-refractivity contribution is 5.69. The van der Waals surface area contributed by atoms with Gasteiger partial charge in [-0.15, -0.1) is 0 Å². The van der Waals surface area contributed by atoms with Crippen LogP contribution in [0.3, 0.4) is 0 Å². The average molecular weight is 409 g/mol. The Morgan fingerprint density at radius 2 is 1.70 bits per heavy atom. The molecule has 5 aliphatic carbocycles. The third-order valence-electron chi connectivity index (χ3n) is 9.72. The van der Waals surface area contributed by atoms with Gasteiger partial charge in [0, 0.05) is 24.7 Å². The van der Waals surface area contributed by atoms with E-state index in [4.69, 9.17) is 9.47 Å². The summed E-state index contributed by atoms with van der Waals surface area (Å²) in [5.41, 5.74) is 3.64. The van der Waals surface area contributed by atoms with E-state index < -0.39 is 0 Å². The number of benzene rings is 1. The number of ether oxygens (including phenoxy) is 2. The van der Waals surface area contributed by atoms with Crippen LogP contribution in [-0.4, -0.2) is 18.0 Å². The van der Waals surface area contributed by atoms with E-state index >= 15 is 0 Å². The standard InChI is InChI=1S/C26H32O4/c1-15(27)29-18-5-7-19-17(14-18)4-6-21-20(19)8-9-24(3)22(21)25(10-11-25)26(12-13-26)23(24)30-16(2)28/h5,7,14,20-23H,4,6,8-13H2,1-3H3/t20?,21?,22?,23-,24?/m1/s1. The first-order chi connectivity index (χ1) is 14.3. The summed E-state index contributed by atoms with van der Waals surface area (Å²) < 4.78 is 11.5. The highest BCUT2D eigenvalue weighted by atomic mass is 16.5. The normalized spacial score (nSPS) is 38.4.